The molecule has 3 aromatic rings. The van der Waals surface area contributed by atoms with Gasteiger partial charge in [0.15, 0.2) is 5.76 Å². The number of thiophene rings is 1. The summed E-state index contributed by atoms with van der Waals surface area (Å²) in [5.74, 6) is -0.109. The van der Waals surface area contributed by atoms with Crippen molar-refractivity contribution in [1.29, 1.82) is 0 Å². The monoisotopic (exact) mass is 636 g/mol. The maximum absolute atomic E-state index is 14.0. The van der Waals surface area contributed by atoms with Crippen LogP contribution in [0.25, 0.3) is 10.6 Å². The topological polar surface area (TPSA) is 131 Å². The van der Waals surface area contributed by atoms with Gasteiger partial charge in [-0.05, 0) is 49.1 Å². The molecular formula is C28H33ClN4O7S2. The van der Waals surface area contributed by atoms with Gasteiger partial charge in [-0.25, -0.2) is 8.42 Å². The van der Waals surface area contributed by atoms with Crippen LogP contribution in [0.3, 0.4) is 0 Å². The van der Waals surface area contributed by atoms with E-state index in [1.807, 2.05) is 6.92 Å². The Labute approximate surface area is 253 Å². The zero-order valence-electron chi connectivity index (χ0n) is 23.4. The lowest BCUT2D eigenvalue weighted by Crippen LogP contribution is -2.52. The number of carbonyl (C=O) groups is 2. The predicted octanol–water partition coefficient (Wildman–Crippen LogP) is 3.51. The molecule has 0 radical (unpaired) electrons. The second kappa shape index (κ2) is 13.2. The van der Waals surface area contributed by atoms with E-state index in [2.05, 4.69) is 9.88 Å². The van der Waals surface area contributed by atoms with Gasteiger partial charge in [-0.1, -0.05) is 29.7 Å². The van der Waals surface area contributed by atoms with Crippen LogP contribution in [-0.4, -0.2) is 82.4 Å². The molecule has 1 atom stereocenters. The van der Waals surface area contributed by atoms with Crippen molar-refractivity contribution in [2.45, 2.75) is 49.6 Å². The van der Waals surface area contributed by atoms with Crippen LogP contribution in [0.15, 0.2) is 45.8 Å². The fourth-order valence-electron chi connectivity index (χ4n) is 5.33. The van der Waals surface area contributed by atoms with E-state index in [1.165, 1.54) is 17.4 Å². The number of anilines is 1. The third kappa shape index (κ3) is 6.71. The molecule has 2 fully saturated rings. The summed E-state index contributed by atoms with van der Waals surface area (Å²) in [6.07, 6.45) is 1.71. The van der Waals surface area contributed by atoms with Crippen molar-refractivity contribution in [1.82, 2.24) is 14.8 Å². The van der Waals surface area contributed by atoms with E-state index in [-0.39, 0.29) is 35.8 Å². The van der Waals surface area contributed by atoms with E-state index in [0.29, 0.717) is 72.5 Å². The third-order valence-electron chi connectivity index (χ3n) is 7.50. The molecule has 1 unspecified atom stereocenters. The van der Waals surface area contributed by atoms with Crippen LogP contribution < -0.4 is 9.62 Å². The van der Waals surface area contributed by atoms with Crippen LogP contribution in [0.1, 0.15) is 31.0 Å². The average Bonchev–Trinajstić information content (AvgIpc) is 3.65. The summed E-state index contributed by atoms with van der Waals surface area (Å²) in [7, 11) is -2.56. The molecule has 11 nitrogen and oxygen atoms in total. The van der Waals surface area contributed by atoms with Gasteiger partial charge in [-0.3, -0.25) is 9.59 Å². The predicted molar refractivity (Wildman–Crippen MR) is 158 cm³/mol. The number of methoxy groups -OCH3 is 1. The summed E-state index contributed by atoms with van der Waals surface area (Å²) >= 11 is 7.39. The molecule has 4 heterocycles. The Bertz CT molecular complexity index is 1530. The normalized spacial score (nSPS) is 17.5. The van der Waals surface area contributed by atoms with Crippen molar-refractivity contribution >= 4 is 50.5 Å². The summed E-state index contributed by atoms with van der Waals surface area (Å²) in [5.41, 5.74) is 1.44. The molecule has 5 rings (SSSR count). The van der Waals surface area contributed by atoms with Gasteiger partial charge in [0.2, 0.25) is 15.9 Å². The Kier molecular flexibility index (Phi) is 9.65. The van der Waals surface area contributed by atoms with Gasteiger partial charge < -0.3 is 23.8 Å². The van der Waals surface area contributed by atoms with Gasteiger partial charge in [0.25, 0.3) is 5.91 Å². The summed E-state index contributed by atoms with van der Waals surface area (Å²) < 4.78 is 47.4. The number of sulfonamides is 1. The number of likely N-dealkylation sites (tertiary alicyclic amines) is 1. The molecule has 2 saturated heterocycles. The second-order valence-corrected chi connectivity index (χ2v) is 13.5. The van der Waals surface area contributed by atoms with Crippen LogP contribution in [0.2, 0.25) is 4.34 Å². The van der Waals surface area contributed by atoms with Crippen molar-refractivity contribution < 1.29 is 32.0 Å². The first-order valence-electron chi connectivity index (χ1n) is 13.8. The van der Waals surface area contributed by atoms with Crippen molar-refractivity contribution in [3.8, 4) is 10.6 Å². The highest BCUT2D eigenvalue weighted by atomic mass is 35.5. The number of hydrogen-bond donors (Lipinski definition) is 1. The minimum absolute atomic E-state index is 0.0199. The first kappa shape index (κ1) is 30.6. The highest BCUT2D eigenvalue weighted by Gasteiger charge is 2.34. The number of hydrogen-bond acceptors (Lipinski definition) is 9. The van der Waals surface area contributed by atoms with Crippen molar-refractivity contribution in [2.24, 2.45) is 0 Å². The molecule has 0 saturated carbocycles. The summed E-state index contributed by atoms with van der Waals surface area (Å²) in [6, 6.07) is 8.94. The minimum Gasteiger partial charge on any atom is -0.381 e. The molecule has 1 aromatic carbocycles. The lowest BCUT2D eigenvalue weighted by molar-refractivity contribution is -0.135. The Morgan fingerprint density at radius 1 is 1.24 bits per heavy atom. The van der Waals surface area contributed by atoms with Gasteiger partial charge in [0.1, 0.15) is 12.6 Å². The maximum Gasteiger partial charge on any atom is 0.253 e. The fourth-order valence-corrected chi connectivity index (χ4v) is 7.84. The summed E-state index contributed by atoms with van der Waals surface area (Å²) in [5, 5.41) is 4.12. The quantitative estimate of drug-likeness (QED) is 0.358. The molecule has 2 aromatic heterocycles. The molecule has 1 N–H and O–H groups in total. The van der Waals surface area contributed by atoms with Gasteiger partial charge in [-0.2, -0.15) is 4.72 Å². The molecule has 2 aliphatic rings. The van der Waals surface area contributed by atoms with E-state index in [0.717, 1.165) is 4.88 Å². The first-order valence-corrected chi connectivity index (χ1v) is 16.4. The van der Waals surface area contributed by atoms with Crippen LogP contribution in [-0.2, 0) is 41.9 Å². The largest absolute Gasteiger partial charge is 0.381 e. The molecule has 2 amide bonds. The number of halogens is 1. The Hall–Kier alpha value is -2.81. The number of nitrogens with zero attached hydrogens (tertiary/aromatic N) is 3. The lowest BCUT2D eigenvalue weighted by Gasteiger charge is -2.34. The van der Waals surface area contributed by atoms with Crippen molar-refractivity contribution in [2.75, 3.05) is 44.9 Å². The number of benzene rings is 1. The SMILES string of the molecule is CCc1c(N2CCOCC2=O)cccc1S(=O)(=O)NC(Cc1cc(-c2ccc(Cl)s2)on1)C(=O)N1CCC(OC)CC1. The molecule has 0 bridgehead atoms. The Morgan fingerprint density at radius 3 is 2.69 bits per heavy atom. The van der Waals surface area contributed by atoms with Gasteiger partial charge >= 0.3 is 0 Å². The molecule has 2 aliphatic heterocycles. The van der Waals surface area contributed by atoms with Gasteiger partial charge in [0.05, 0.1) is 32.5 Å². The van der Waals surface area contributed by atoms with Gasteiger partial charge in [-0.15, -0.1) is 11.3 Å². The fraction of sp³-hybridized carbons (Fsp3) is 0.464. The van der Waals surface area contributed by atoms with Crippen LogP contribution >= 0.6 is 22.9 Å². The minimum atomic E-state index is -4.21. The van der Waals surface area contributed by atoms with E-state index >= 15 is 0 Å². The molecule has 14 heteroatoms. The molecule has 0 aliphatic carbocycles. The standard InChI is InChI=1S/C28H33ClN4O7S2/c1-3-20-22(33-13-14-39-17-27(33)34)5-4-6-25(20)42(36,37)31-21(28(35)32-11-9-19(38-2)10-12-32)15-18-16-23(40-30-18)24-7-8-26(29)41-24/h4-8,16,19,21,31H,3,9-15,17H2,1-2H3. The summed E-state index contributed by atoms with van der Waals surface area (Å²) in [6.45, 7) is 3.35. The Balaban J connectivity index is 1.44. The number of carbonyl (C=O) groups excluding carboxylic acids is 2. The van der Waals surface area contributed by atoms with E-state index in [4.69, 9.17) is 25.6 Å². The van der Waals surface area contributed by atoms with Crippen LogP contribution in [0.4, 0.5) is 5.69 Å². The number of aromatic nitrogens is 1. The lowest BCUT2D eigenvalue weighted by atomic mass is 10.1. The van der Waals surface area contributed by atoms with E-state index in [9.17, 15) is 18.0 Å². The average molecular weight is 637 g/mol. The third-order valence-corrected chi connectivity index (χ3v) is 10.3. The number of rotatable bonds is 10. The molecule has 0 spiro atoms. The van der Waals surface area contributed by atoms with Gasteiger partial charge in [0, 0.05) is 44.9 Å². The number of nitrogens with one attached hydrogen (secondary N) is 1. The van der Waals surface area contributed by atoms with E-state index in [1.54, 1.807) is 47.2 Å². The van der Waals surface area contributed by atoms with E-state index < -0.39 is 16.1 Å². The first-order chi connectivity index (χ1) is 20.2. The Morgan fingerprint density at radius 2 is 2.02 bits per heavy atom. The second-order valence-electron chi connectivity index (χ2n) is 10.1. The maximum atomic E-state index is 14.0. The molecule has 226 valence electrons. The highest BCUT2D eigenvalue weighted by Crippen LogP contribution is 2.32. The number of ether oxygens (including phenoxy) is 2. The smallest absolute Gasteiger partial charge is 0.253 e. The van der Waals surface area contributed by atoms with Crippen molar-refractivity contribution in [3.05, 3.63) is 52.0 Å². The van der Waals surface area contributed by atoms with Crippen molar-refractivity contribution in [3.63, 3.8) is 0 Å². The number of morpholine rings is 1. The summed E-state index contributed by atoms with van der Waals surface area (Å²) in [4.78, 5) is 30.4. The number of amides is 2. The highest BCUT2D eigenvalue weighted by molar-refractivity contribution is 7.89. The zero-order chi connectivity index (χ0) is 29.9. The molecular weight excluding hydrogens is 604 g/mol. The number of piperidine rings is 1. The van der Waals surface area contributed by atoms with Crippen LogP contribution in [0.5, 0.6) is 0 Å². The zero-order valence-corrected chi connectivity index (χ0v) is 25.8. The molecule has 42 heavy (non-hydrogen) atoms. The van der Waals surface area contributed by atoms with Crippen LogP contribution in [0, 0.1) is 0 Å².